The zero-order chi connectivity index (χ0) is 19.6. The molecule has 0 spiro atoms. The molecule has 0 aliphatic heterocycles. The molecule has 29 heavy (non-hydrogen) atoms. The molecular formula is C20H40N4O3S2. The molecule has 1 aromatic carbocycles. The van der Waals surface area contributed by atoms with Crippen molar-refractivity contribution in [2.45, 2.75) is 54.1 Å². The van der Waals surface area contributed by atoms with Crippen molar-refractivity contribution >= 4 is 33.1 Å². The van der Waals surface area contributed by atoms with Crippen molar-refractivity contribution in [1.82, 2.24) is 5.32 Å². The van der Waals surface area contributed by atoms with E-state index in [0.717, 1.165) is 24.8 Å². The summed E-state index contributed by atoms with van der Waals surface area (Å²) in [5.41, 5.74) is 8.92. The van der Waals surface area contributed by atoms with Crippen LogP contribution in [-0.4, -0.2) is 30.9 Å². The average molecular weight is 449 g/mol. The molecule has 0 heterocycles. The Hall–Kier alpha value is -1.54. The maximum absolute atomic E-state index is 11.3. The number of rotatable bonds is 10. The molecule has 0 unspecified atom stereocenters. The number of hydrogen-bond acceptors (Lipinski definition) is 4. The van der Waals surface area contributed by atoms with E-state index in [1.54, 1.807) is 0 Å². The van der Waals surface area contributed by atoms with Crippen LogP contribution in [0.5, 0.6) is 0 Å². The van der Waals surface area contributed by atoms with Crippen molar-refractivity contribution in [3.8, 4) is 0 Å². The molecule has 0 saturated heterocycles. The second-order valence-electron chi connectivity index (χ2n) is 6.00. The van der Waals surface area contributed by atoms with Crippen LogP contribution in [0.15, 0.2) is 35.4 Å². The number of alkyl carbamates (subject to hydrolysis) is 1. The van der Waals surface area contributed by atoms with Gasteiger partial charge in [-0.25, -0.2) is 4.79 Å². The lowest BCUT2D eigenvalue weighted by atomic mass is 10.0. The number of ether oxygens (including phenoxy) is 1. The van der Waals surface area contributed by atoms with Crippen molar-refractivity contribution < 1.29 is 14.6 Å². The molecule has 7 nitrogen and oxygen atoms in total. The Morgan fingerprint density at radius 3 is 2.14 bits per heavy atom. The molecule has 0 saturated carbocycles. The Kier molecular flexibility index (Phi) is 29.5. The van der Waals surface area contributed by atoms with Gasteiger partial charge >= 0.3 is 6.09 Å². The van der Waals surface area contributed by atoms with Crippen molar-refractivity contribution in [2.75, 3.05) is 19.7 Å². The summed E-state index contributed by atoms with van der Waals surface area (Å²) in [4.78, 5) is 14.0. The van der Waals surface area contributed by atoms with Gasteiger partial charge in [-0.15, -0.1) is 0 Å². The monoisotopic (exact) mass is 448 g/mol. The molecule has 0 radical (unpaired) electrons. The number of amides is 1. The third-order valence-electron chi connectivity index (χ3n) is 4.14. The maximum Gasteiger partial charge on any atom is 0.407 e. The summed E-state index contributed by atoms with van der Waals surface area (Å²) in [7, 11) is 0. The molecule has 0 fully saturated rings. The van der Waals surface area contributed by atoms with E-state index in [1.165, 1.54) is 0 Å². The zero-order valence-electron chi connectivity index (χ0n) is 17.1. The zero-order valence-corrected chi connectivity index (χ0v) is 19.1. The fourth-order valence-corrected chi connectivity index (χ4v) is 2.04. The van der Waals surface area contributed by atoms with Gasteiger partial charge in [-0.1, -0.05) is 76.5 Å². The Bertz CT molecular complexity index is 522. The number of carbonyl (C=O) groups is 1. The smallest absolute Gasteiger partial charge is 0.407 e. The lowest BCUT2D eigenvalue weighted by Crippen LogP contribution is -2.30. The normalized spacial score (nSPS) is 9.83. The van der Waals surface area contributed by atoms with Gasteiger partial charge in [-0.05, 0) is 29.4 Å². The fraction of sp³-hybridized carbons (Fsp3) is 0.650. The summed E-state index contributed by atoms with van der Waals surface area (Å²) in [6.07, 6.45) is 2.60. The first-order valence-electron chi connectivity index (χ1n) is 9.17. The summed E-state index contributed by atoms with van der Waals surface area (Å²) in [6.45, 7) is 7.64. The van der Waals surface area contributed by atoms with E-state index in [4.69, 9.17) is 15.4 Å². The van der Waals surface area contributed by atoms with Gasteiger partial charge in [0.1, 0.15) is 6.61 Å². The highest BCUT2D eigenvalue weighted by Gasteiger charge is 2.07. The number of aliphatic hydroxyl groups excluding tert-OH is 1. The van der Waals surface area contributed by atoms with Gasteiger partial charge in [0.2, 0.25) is 0 Å². The summed E-state index contributed by atoms with van der Waals surface area (Å²) in [6, 6.07) is 9.51. The Labute approximate surface area is 190 Å². The fourth-order valence-electron chi connectivity index (χ4n) is 2.04. The molecule has 9 heteroatoms. The van der Waals surface area contributed by atoms with Crippen LogP contribution in [0.4, 0.5) is 4.79 Å². The quantitative estimate of drug-likeness (QED) is 0.279. The summed E-state index contributed by atoms with van der Waals surface area (Å²) in [5.74, 6) is 0.681. The summed E-state index contributed by atoms with van der Waals surface area (Å²) >= 11 is 0. The van der Waals surface area contributed by atoms with E-state index in [0.29, 0.717) is 19.0 Å². The van der Waals surface area contributed by atoms with Crippen molar-refractivity contribution in [3.63, 3.8) is 0 Å². The molecule has 1 aromatic rings. The number of nitrogens with one attached hydrogen (secondary N) is 1. The number of benzene rings is 1. The summed E-state index contributed by atoms with van der Waals surface area (Å²) < 4.78 is 5.04. The Morgan fingerprint density at radius 2 is 1.69 bits per heavy atom. The topological polar surface area (TPSA) is 107 Å². The lowest BCUT2D eigenvalue weighted by Gasteiger charge is -2.12. The maximum atomic E-state index is 11.3. The molecule has 0 aliphatic rings. The molecule has 2 N–H and O–H groups in total. The van der Waals surface area contributed by atoms with Gasteiger partial charge in [-0.3, -0.25) is 0 Å². The van der Waals surface area contributed by atoms with Crippen molar-refractivity contribution in [2.24, 2.45) is 17.0 Å². The minimum atomic E-state index is -0.444. The van der Waals surface area contributed by atoms with E-state index in [2.05, 4.69) is 29.2 Å². The predicted molar refractivity (Wildman–Crippen MR) is 131 cm³/mol. The first-order chi connectivity index (χ1) is 12.6. The molecule has 1 amide bonds. The highest BCUT2D eigenvalue weighted by Crippen LogP contribution is 2.06. The number of hydrogen-bond donors (Lipinski definition) is 2. The molecule has 0 aromatic heterocycles. The average Bonchev–Trinajstić information content (AvgIpc) is 2.69. The van der Waals surface area contributed by atoms with Gasteiger partial charge in [0.15, 0.2) is 0 Å². The van der Waals surface area contributed by atoms with E-state index < -0.39 is 6.09 Å². The third kappa shape index (κ3) is 19.5. The van der Waals surface area contributed by atoms with Crippen LogP contribution in [0.3, 0.4) is 0 Å². The predicted octanol–water partition coefficient (Wildman–Crippen LogP) is 5.53. The standard InChI is InChI=1S/C13H19NO3.C6H13N3.CH4.2H2S/c1-2-11(9-15)8-14-13(16)17-10-12-6-4-3-5-7-12;1-3-6(4-2)5-8-9-7;;;/h3-7,11,15H,2,8-10H2,1H3,(H,14,16);6H,3-5H2,1-2H3;1H4;2*1H2/t11-;;;;/m0..../s1. The van der Waals surface area contributed by atoms with Gasteiger partial charge in [0.25, 0.3) is 0 Å². The number of nitrogens with zero attached hydrogens (tertiary/aromatic N) is 3. The van der Waals surface area contributed by atoms with E-state index in [-0.39, 0.29) is 53.5 Å². The van der Waals surface area contributed by atoms with Gasteiger partial charge in [0, 0.05) is 24.6 Å². The van der Waals surface area contributed by atoms with Crippen LogP contribution >= 0.6 is 27.0 Å². The number of carbonyl (C=O) groups excluding carboxylic acids is 1. The molecule has 170 valence electrons. The van der Waals surface area contributed by atoms with Crippen LogP contribution in [0.2, 0.25) is 0 Å². The number of azide groups is 1. The molecule has 1 rings (SSSR count). The van der Waals surface area contributed by atoms with Crippen LogP contribution in [-0.2, 0) is 11.3 Å². The van der Waals surface area contributed by atoms with Gasteiger partial charge in [-0.2, -0.15) is 27.0 Å². The minimum Gasteiger partial charge on any atom is -0.445 e. The van der Waals surface area contributed by atoms with Crippen LogP contribution in [0.1, 0.15) is 53.0 Å². The van der Waals surface area contributed by atoms with Crippen LogP contribution < -0.4 is 5.32 Å². The van der Waals surface area contributed by atoms with Crippen LogP contribution in [0.25, 0.3) is 10.4 Å². The summed E-state index contributed by atoms with van der Waals surface area (Å²) in [5, 5.41) is 15.1. The highest BCUT2D eigenvalue weighted by atomic mass is 32.1. The largest absolute Gasteiger partial charge is 0.445 e. The number of aliphatic hydroxyl groups is 1. The molecule has 1 atom stereocenters. The second-order valence-corrected chi connectivity index (χ2v) is 6.00. The van der Waals surface area contributed by atoms with Crippen LogP contribution in [0, 0.1) is 11.8 Å². The Morgan fingerprint density at radius 1 is 1.14 bits per heavy atom. The first-order valence-corrected chi connectivity index (χ1v) is 9.17. The highest BCUT2D eigenvalue weighted by molar-refractivity contribution is 7.59. The van der Waals surface area contributed by atoms with E-state index in [1.807, 2.05) is 37.3 Å². The minimum absolute atomic E-state index is 0. The molecular weight excluding hydrogens is 408 g/mol. The second kappa shape index (κ2) is 24.5. The van der Waals surface area contributed by atoms with Crippen molar-refractivity contribution in [1.29, 1.82) is 0 Å². The molecule has 0 bridgehead atoms. The molecule has 0 aliphatic carbocycles. The first kappa shape index (κ1) is 34.9. The van der Waals surface area contributed by atoms with E-state index in [9.17, 15) is 4.79 Å². The van der Waals surface area contributed by atoms with Gasteiger partial charge in [0.05, 0.1) is 0 Å². The van der Waals surface area contributed by atoms with E-state index >= 15 is 0 Å². The Balaban J connectivity index is -0.000000227. The SMILES string of the molecule is C.CCC(CC)CN=[N+]=[N-].CC[C@H](CO)CNC(=O)OCc1ccccc1.S.S. The van der Waals surface area contributed by atoms with Gasteiger partial charge < -0.3 is 15.2 Å². The lowest BCUT2D eigenvalue weighted by molar-refractivity contribution is 0.135. The van der Waals surface area contributed by atoms with Crippen molar-refractivity contribution in [3.05, 3.63) is 46.3 Å². The third-order valence-corrected chi connectivity index (χ3v) is 4.14.